The topological polar surface area (TPSA) is 491 Å². The van der Waals surface area contributed by atoms with Crippen molar-refractivity contribution in [1.82, 2.24) is 62.6 Å². The molecule has 104 heavy (non-hydrogen) atoms. The van der Waals surface area contributed by atoms with E-state index < -0.39 is 237 Å². The average molecular weight is 1460 g/mol. The zero-order valence-electron chi connectivity index (χ0n) is 60.4. The van der Waals surface area contributed by atoms with Crippen LogP contribution in [0.15, 0.2) is 60.7 Å². The van der Waals surface area contributed by atoms with E-state index in [1.807, 2.05) is 12.1 Å². The standard InChI is InChI=1S/C71H106N12O21/c1-36(2)27-49-65(97)75-47(24-26-84)64(96)77-50(29-44-19-14-11-15-20-44)62(94)72-31-52(88)80-54(58(90)37(3)4)69(101)81-25-23-38(5)55(81)66(98)76-48(30-46(104-71(103)41(8)74-42(9)86)22-16-21-45(87)28-43-17-12-10-13-18-43)61(93)68(100)79-51(35-85)63(95)73-32-53(89)82-33-39(6)60(92)57(82)70(102)83-34-40(7)59(91)56(83)67(99)78-49/h10-15,17-20,36-41,45-51,54-61,84-85,87,90-93H,16,21-35H2,1-9H3,(H,72,94)(H,73,95)(H,74,86)(H,75,97)(H,76,98)(H,77,96)(H,78,99)(H,79,100)(H,80,88)/t38-,39+,40+,41-,45?,46-,47-,48+,49+,50+,51+,54+,55-,56-,57-,58-,59?,60?,61-/m0/s1. The van der Waals surface area contributed by atoms with E-state index in [0.29, 0.717) is 5.56 Å². The second-order valence-corrected chi connectivity index (χ2v) is 28.6. The Balaban J connectivity index is 1.41. The lowest BCUT2D eigenvalue weighted by Gasteiger charge is -2.35. The van der Waals surface area contributed by atoms with Gasteiger partial charge in [0.2, 0.25) is 65.0 Å². The lowest BCUT2D eigenvalue weighted by molar-refractivity contribution is -0.154. The molecular formula is C71H106N12O21. The van der Waals surface area contributed by atoms with Gasteiger partial charge in [0.15, 0.2) is 6.10 Å². The van der Waals surface area contributed by atoms with E-state index >= 15 is 9.59 Å². The first-order chi connectivity index (χ1) is 49.1. The Morgan fingerprint density at radius 1 is 0.587 bits per heavy atom. The molecule has 19 atom stereocenters. The van der Waals surface area contributed by atoms with E-state index in [-0.39, 0.29) is 70.5 Å². The maximum atomic E-state index is 15.1. The van der Waals surface area contributed by atoms with Crippen LogP contribution in [0.2, 0.25) is 0 Å². The number of rotatable bonds is 20. The molecule has 0 aliphatic carbocycles. The molecule has 0 aromatic heterocycles. The molecule has 4 heterocycles. The summed E-state index contributed by atoms with van der Waals surface area (Å²) in [4.78, 5) is 188. The highest BCUT2D eigenvalue weighted by atomic mass is 16.5. The van der Waals surface area contributed by atoms with Gasteiger partial charge in [-0.3, -0.25) is 57.5 Å². The number of aliphatic hydroxyl groups is 7. The number of benzene rings is 2. The first-order valence-electron chi connectivity index (χ1n) is 35.6. The highest BCUT2D eigenvalue weighted by molar-refractivity contribution is 5.99. The van der Waals surface area contributed by atoms with Crippen molar-refractivity contribution >= 4 is 76.9 Å². The second-order valence-electron chi connectivity index (χ2n) is 28.6. The lowest BCUT2D eigenvalue weighted by atomic mass is 9.95. The first-order valence-corrected chi connectivity index (χ1v) is 35.6. The monoisotopic (exact) mass is 1460 g/mol. The van der Waals surface area contributed by atoms with Crippen molar-refractivity contribution in [3.05, 3.63) is 71.8 Å². The Hall–Kier alpha value is -8.73. The molecule has 33 heteroatoms. The second kappa shape index (κ2) is 39.4. The fraction of sp³-hybridized carbons (Fsp3) is 0.648. The number of carbonyl (C=O) groups is 13. The summed E-state index contributed by atoms with van der Waals surface area (Å²) in [6.07, 6.45) is -10.3. The lowest BCUT2D eigenvalue weighted by Crippen LogP contribution is -2.62. The summed E-state index contributed by atoms with van der Waals surface area (Å²) >= 11 is 0. The van der Waals surface area contributed by atoms with Crippen molar-refractivity contribution in [1.29, 1.82) is 0 Å². The van der Waals surface area contributed by atoms with Gasteiger partial charge in [-0.15, -0.1) is 0 Å². The minimum Gasteiger partial charge on any atom is -0.461 e. The first kappa shape index (κ1) is 84.2. The molecule has 576 valence electrons. The molecule has 4 saturated heterocycles. The number of nitrogens with zero attached hydrogens (tertiary/aromatic N) is 3. The van der Waals surface area contributed by atoms with Crippen LogP contribution >= 0.6 is 0 Å². The summed E-state index contributed by atoms with van der Waals surface area (Å²) in [6, 6.07) is 0.911. The van der Waals surface area contributed by atoms with Gasteiger partial charge in [0.25, 0.3) is 5.91 Å². The van der Waals surface area contributed by atoms with E-state index in [9.17, 15) is 88.5 Å². The Labute approximate surface area is 604 Å². The Kier molecular flexibility index (Phi) is 31.9. The minimum atomic E-state index is -2.42. The average Bonchev–Trinajstić information content (AvgIpc) is 1.62. The van der Waals surface area contributed by atoms with E-state index in [0.717, 1.165) is 27.2 Å². The van der Waals surface area contributed by atoms with Crippen molar-refractivity contribution in [3.8, 4) is 0 Å². The SMILES string of the molecule is CC(=O)N[C@@H](C)C(=O)O[C@@H](CCCC(O)Cc1ccccc1)C[C@H]1NC(=O)[C@@H]2[C@@H](C)CCN2C(=O)[C@@H]([C@@H](O)C(C)C)NC(=O)CNC(=O)[C@@H](Cc2ccccc2)NC(=O)[C@H](CCO)NC(=O)[C@@H](CC(C)C)NC(=O)[C@@H]2C(O)[C@H](C)CN2C(=O)[C@@H]2C(O)[C@H](C)CN2C(=O)CNC(=O)[C@@H](CO)NC(=O)[C@H]1O. The van der Waals surface area contributed by atoms with Crippen molar-refractivity contribution in [3.63, 3.8) is 0 Å². The number of carbonyl (C=O) groups excluding carboxylic acids is 13. The van der Waals surface area contributed by atoms with Crippen LogP contribution in [0.25, 0.3) is 0 Å². The molecule has 12 amide bonds. The van der Waals surface area contributed by atoms with Crippen LogP contribution in [0.4, 0.5) is 0 Å². The van der Waals surface area contributed by atoms with Gasteiger partial charge in [-0.05, 0) is 80.8 Å². The normalized spacial score (nSPS) is 29.1. The number of hydrogen-bond donors (Lipinski definition) is 16. The number of hydrogen-bond acceptors (Lipinski definition) is 21. The summed E-state index contributed by atoms with van der Waals surface area (Å²) in [5, 5.41) is 101. The Morgan fingerprint density at radius 3 is 1.75 bits per heavy atom. The van der Waals surface area contributed by atoms with Crippen LogP contribution in [0, 0.1) is 29.6 Å². The maximum absolute atomic E-state index is 15.1. The Bertz CT molecular complexity index is 3320. The van der Waals surface area contributed by atoms with E-state index in [1.165, 1.54) is 34.6 Å². The molecular weight excluding hydrogens is 1360 g/mol. The number of aliphatic hydroxyl groups excluding tert-OH is 7. The van der Waals surface area contributed by atoms with Gasteiger partial charge in [0.1, 0.15) is 60.5 Å². The number of nitrogens with one attached hydrogen (secondary N) is 9. The van der Waals surface area contributed by atoms with Crippen molar-refractivity contribution < 1.29 is 103 Å². The van der Waals surface area contributed by atoms with Gasteiger partial charge < -0.3 is 103 Å². The van der Waals surface area contributed by atoms with Crippen molar-refractivity contribution in [2.75, 3.05) is 45.9 Å². The molecule has 2 aromatic carbocycles. The van der Waals surface area contributed by atoms with Crippen LogP contribution in [0.3, 0.4) is 0 Å². The zero-order valence-corrected chi connectivity index (χ0v) is 60.4. The molecule has 3 unspecified atom stereocenters. The fourth-order valence-electron chi connectivity index (χ4n) is 13.5. The molecule has 33 nitrogen and oxygen atoms in total. The van der Waals surface area contributed by atoms with Gasteiger partial charge in [-0.2, -0.15) is 0 Å². The molecule has 0 spiro atoms. The molecule has 0 radical (unpaired) electrons. The number of amides is 12. The highest BCUT2D eigenvalue weighted by Crippen LogP contribution is 2.32. The third-order valence-corrected chi connectivity index (χ3v) is 19.3. The zero-order chi connectivity index (χ0) is 77.0. The van der Waals surface area contributed by atoms with Crippen molar-refractivity contribution in [2.45, 2.75) is 217 Å². The predicted octanol–water partition coefficient (Wildman–Crippen LogP) is -4.56. The third-order valence-electron chi connectivity index (χ3n) is 19.3. The van der Waals surface area contributed by atoms with Crippen LogP contribution in [0.1, 0.15) is 118 Å². The van der Waals surface area contributed by atoms with Gasteiger partial charge >= 0.3 is 5.97 Å². The maximum Gasteiger partial charge on any atom is 0.328 e. The predicted molar refractivity (Wildman–Crippen MR) is 371 cm³/mol. The molecule has 6 rings (SSSR count). The summed E-state index contributed by atoms with van der Waals surface area (Å²) in [7, 11) is 0. The molecule has 4 fully saturated rings. The molecule has 2 aromatic rings. The van der Waals surface area contributed by atoms with Gasteiger partial charge in [-0.1, -0.05) is 109 Å². The van der Waals surface area contributed by atoms with E-state index in [4.69, 9.17) is 4.74 Å². The molecule has 4 aliphatic rings. The van der Waals surface area contributed by atoms with Crippen LogP contribution in [-0.4, -0.2) is 270 Å². The smallest absolute Gasteiger partial charge is 0.328 e. The summed E-state index contributed by atoms with van der Waals surface area (Å²) in [5.74, 6) is -16.7. The summed E-state index contributed by atoms with van der Waals surface area (Å²) in [6.45, 7) is 9.21. The van der Waals surface area contributed by atoms with Crippen LogP contribution in [0.5, 0.6) is 0 Å². The Morgan fingerprint density at radius 2 is 1.14 bits per heavy atom. The van der Waals surface area contributed by atoms with Crippen LogP contribution in [-0.2, 0) is 79.9 Å². The minimum absolute atomic E-state index is 0.0913. The number of fused-ring (bicyclic) bond motifs is 3. The molecule has 16 N–H and O–H groups in total. The van der Waals surface area contributed by atoms with E-state index in [2.05, 4.69) is 47.9 Å². The van der Waals surface area contributed by atoms with Crippen molar-refractivity contribution in [2.24, 2.45) is 29.6 Å². The molecule has 0 bridgehead atoms. The fourth-order valence-corrected chi connectivity index (χ4v) is 13.5. The van der Waals surface area contributed by atoms with Crippen LogP contribution < -0.4 is 47.9 Å². The van der Waals surface area contributed by atoms with Gasteiger partial charge in [-0.25, -0.2) is 4.79 Å². The highest BCUT2D eigenvalue weighted by Gasteiger charge is 2.54. The van der Waals surface area contributed by atoms with E-state index in [1.54, 1.807) is 69.3 Å². The molecule has 0 saturated carbocycles. The summed E-state index contributed by atoms with van der Waals surface area (Å²) < 4.78 is 5.91. The van der Waals surface area contributed by atoms with Gasteiger partial charge in [0.05, 0.1) is 50.2 Å². The molecule has 4 aliphatic heterocycles. The third kappa shape index (κ3) is 23.1. The largest absolute Gasteiger partial charge is 0.461 e. The van der Waals surface area contributed by atoms with Gasteiger partial charge in [0, 0.05) is 57.8 Å². The number of esters is 1. The number of ether oxygens (including phenoxy) is 1. The quantitative estimate of drug-likeness (QED) is 0.0555. The summed E-state index contributed by atoms with van der Waals surface area (Å²) in [5.41, 5.74) is 1.33.